The standard InChI is InChI=1S/C23H22Br2N2O3/c1-12-7-13(2)9-15(8-12)26-21(28)14-3-5-16(6-4-14)27-22(29)17-10-19(24)20(25)11-18(17)23(27)30/h3-9,17-20H,10-11H2,1-2H3,(H,26,28)/t17-,18-,19+,20+/m1/s1. The molecular weight excluding hydrogens is 512 g/mol. The summed E-state index contributed by atoms with van der Waals surface area (Å²) < 4.78 is 0. The highest BCUT2D eigenvalue weighted by Gasteiger charge is 2.52. The van der Waals surface area contributed by atoms with Gasteiger partial charge in [0, 0.05) is 20.9 Å². The fourth-order valence-corrected chi connectivity index (χ4v) is 5.60. The van der Waals surface area contributed by atoms with E-state index < -0.39 is 0 Å². The van der Waals surface area contributed by atoms with Crippen molar-refractivity contribution in [1.29, 1.82) is 0 Å². The topological polar surface area (TPSA) is 66.5 Å². The van der Waals surface area contributed by atoms with Crippen LogP contribution in [0.25, 0.3) is 0 Å². The van der Waals surface area contributed by atoms with Gasteiger partial charge < -0.3 is 5.32 Å². The highest BCUT2D eigenvalue weighted by molar-refractivity contribution is 9.12. The van der Waals surface area contributed by atoms with E-state index >= 15 is 0 Å². The first kappa shape index (κ1) is 21.2. The summed E-state index contributed by atoms with van der Waals surface area (Å²) in [5.74, 6) is -1.11. The van der Waals surface area contributed by atoms with Crippen LogP contribution < -0.4 is 10.2 Å². The summed E-state index contributed by atoms with van der Waals surface area (Å²) in [7, 11) is 0. The first-order valence-corrected chi connectivity index (χ1v) is 11.7. The lowest BCUT2D eigenvalue weighted by molar-refractivity contribution is -0.122. The van der Waals surface area contributed by atoms with Crippen molar-refractivity contribution >= 4 is 61.0 Å². The molecule has 1 N–H and O–H groups in total. The number of fused-ring (bicyclic) bond motifs is 1. The molecule has 7 heteroatoms. The number of hydrogen-bond donors (Lipinski definition) is 1. The predicted molar refractivity (Wildman–Crippen MR) is 124 cm³/mol. The number of anilines is 2. The van der Waals surface area contributed by atoms with Crippen molar-refractivity contribution in [3.05, 3.63) is 59.2 Å². The fourth-order valence-electron chi connectivity index (χ4n) is 4.36. The second-order valence-corrected chi connectivity index (χ2v) is 10.5. The Labute approximate surface area is 192 Å². The van der Waals surface area contributed by atoms with Crippen LogP contribution in [0, 0.1) is 25.7 Å². The quantitative estimate of drug-likeness (QED) is 0.447. The molecule has 0 radical (unpaired) electrons. The van der Waals surface area contributed by atoms with Crippen LogP contribution >= 0.6 is 31.9 Å². The zero-order valence-corrected chi connectivity index (χ0v) is 19.9. The average molecular weight is 534 g/mol. The molecular formula is C23H22Br2N2O3. The smallest absolute Gasteiger partial charge is 0.255 e. The molecule has 156 valence electrons. The number of nitrogens with zero attached hydrogens (tertiary/aromatic N) is 1. The lowest BCUT2D eigenvalue weighted by Gasteiger charge is -2.29. The van der Waals surface area contributed by atoms with E-state index in [4.69, 9.17) is 0 Å². The zero-order chi connectivity index (χ0) is 21.6. The number of carbonyl (C=O) groups is 3. The molecule has 4 atom stereocenters. The van der Waals surface area contributed by atoms with Gasteiger partial charge in [-0.1, -0.05) is 37.9 Å². The van der Waals surface area contributed by atoms with Crippen molar-refractivity contribution in [2.45, 2.75) is 36.3 Å². The molecule has 0 spiro atoms. The first-order chi connectivity index (χ1) is 14.2. The van der Waals surface area contributed by atoms with E-state index in [-0.39, 0.29) is 39.2 Å². The molecule has 2 aliphatic rings. The molecule has 4 rings (SSSR count). The molecule has 0 bridgehead atoms. The van der Waals surface area contributed by atoms with Crippen molar-refractivity contribution in [2.75, 3.05) is 10.2 Å². The SMILES string of the molecule is Cc1cc(C)cc(NC(=O)c2ccc(N3C(=O)[C@@H]4C[C@H](Br)[C@@H](Br)C[C@H]4C3=O)cc2)c1. The van der Waals surface area contributed by atoms with E-state index in [2.05, 4.69) is 37.2 Å². The molecule has 3 amide bonds. The van der Waals surface area contributed by atoms with Crippen LogP contribution in [-0.4, -0.2) is 27.4 Å². The number of rotatable bonds is 3. The van der Waals surface area contributed by atoms with Gasteiger partial charge in [0.15, 0.2) is 0 Å². The third kappa shape index (κ3) is 3.97. The van der Waals surface area contributed by atoms with E-state index in [1.807, 2.05) is 32.0 Å². The number of imide groups is 1. The number of alkyl halides is 2. The summed E-state index contributed by atoms with van der Waals surface area (Å²) in [6.45, 7) is 3.96. The zero-order valence-electron chi connectivity index (χ0n) is 16.7. The minimum atomic E-state index is -0.289. The molecule has 1 heterocycles. The second-order valence-electron chi connectivity index (χ2n) is 8.11. The van der Waals surface area contributed by atoms with Crippen molar-refractivity contribution < 1.29 is 14.4 Å². The van der Waals surface area contributed by atoms with Gasteiger partial charge >= 0.3 is 0 Å². The normalized spacial score (nSPS) is 25.9. The van der Waals surface area contributed by atoms with Crippen molar-refractivity contribution in [3.63, 3.8) is 0 Å². The van der Waals surface area contributed by atoms with E-state index in [1.54, 1.807) is 24.3 Å². The number of hydrogen-bond acceptors (Lipinski definition) is 3. The molecule has 1 saturated carbocycles. The Morgan fingerprint density at radius 3 is 1.90 bits per heavy atom. The molecule has 1 aliphatic heterocycles. The van der Waals surface area contributed by atoms with E-state index in [0.29, 0.717) is 24.1 Å². The van der Waals surface area contributed by atoms with Crippen LogP contribution in [-0.2, 0) is 9.59 Å². The van der Waals surface area contributed by atoms with Gasteiger partial charge in [0.25, 0.3) is 5.91 Å². The molecule has 2 fully saturated rings. The van der Waals surface area contributed by atoms with Crippen LogP contribution in [0.5, 0.6) is 0 Å². The third-order valence-electron chi connectivity index (χ3n) is 5.78. The Hall–Kier alpha value is -1.99. The van der Waals surface area contributed by atoms with Gasteiger partial charge in [-0.25, -0.2) is 0 Å². The van der Waals surface area contributed by atoms with Crippen molar-refractivity contribution in [2.24, 2.45) is 11.8 Å². The Kier molecular flexibility index (Phi) is 5.86. The first-order valence-electron chi connectivity index (χ1n) is 9.90. The summed E-state index contributed by atoms with van der Waals surface area (Å²) >= 11 is 7.20. The third-order valence-corrected chi connectivity index (χ3v) is 8.51. The highest BCUT2D eigenvalue weighted by Crippen LogP contribution is 2.44. The summed E-state index contributed by atoms with van der Waals surface area (Å²) in [6.07, 6.45) is 1.27. The van der Waals surface area contributed by atoms with E-state index in [9.17, 15) is 14.4 Å². The van der Waals surface area contributed by atoms with Gasteiger partial charge in [0.1, 0.15) is 0 Å². The number of aryl methyl sites for hydroxylation is 2. The summed E-state index contributed by atoms with van der Waals surface area (Å²) in [4.78, 5) is 40.1. The summed E-state index contributed by atoms with van der Waals surface area (Å²) in [6, 6.07) is 12.5. The number of amides is 3. The Balaban J connectivity index is 1.51. The Bertz CT molecular complexity index is 973. The van der Waals surface area contributed by atoms with Gasteiger partial charge in [-0.05, 0) is 74.2 Å². The largest absolute Gasteiger partial charge is 0.322 e. The van der Waals surface area contributed by atoms with Crippen LogP contribution in [0.4, 0.5) is 11.4 Å². The van der Waals surface area contributed by atoms with Gasteiger partial charge in [-0.2, -0.15) is 0 Å². The molecule has 30 heavy (non-hydrogen) atoms. The number of halogens is 2. The maximum absolute atomic E-state index is 12.9. The molecule has 0 unspecified atom stereocenters. The Morgan fingerprint density at radius 2 is 1.40 bits per heavy atom. The van der Waals surface area contributed by atoms with E-state index in [0.717, 1.165) is 16.8 Å². The monoisotopic (exact) mass is 532 g/mol. The lowest BCUT2D eigenvalue weighted by atomic mass is 9.81. The molecule has 2 aromatic carbocycles. The number of carbonyl (C=O) groups excluding carboxylic acids is 3. The predicted octanol–water partition coefficient (Wildman–Crippen LogP) is 4.98. The minimum absolute atomic E-state index is 0.152. The van der Waals surface area contributed by atoms with Crippen LogP contribution in [0.3, 0.4) is 0 Å². The fraction of sp³-hybridized carbons (Fsp3) is 0.348. The van der Waals surface area contributed by atoms with Gasteiger partial charge in [-0.15, -0.1) is 0 Å². The maximum atomic E-state index is 12.9. The van der Waals surface area contributed by atoms with Crippen LogP contribution in [0.2, 0.25) is 0 Å². The second kappa shape index (κ2) is 8.27. The minimum Gasteiger partial charge on any atom is -0.322 e. The van der Waals surface area contributed by atoms with Gasteiger partial charge in [0.2, 0.25) is 11.8 Å². The summed E-state index contributed by atoms with van der Waals surface area (Å²) in [5.41, 5.74) is 3.87. The number of nitrogens with one attached hydrogen (secondary N) is 1. The van der Waals surface area contributed by atoms with Crippen LogP contribution in [0.15, 0.2) is 42.5 Å². The average Bonchev–Trinajstić information content (AvgIpc) is 2.91. The van der Waals surface area contributed by atoms with Crippen molar-refractivity contribution in [1.82, 2.24) is 0 Å². The number of benzene rings is 2. The van der Waals surface area contributed by atoms with Gasteiger partial charge in [0.05, 0.1) is 17.5 Å². The molecule has 5 nitrogen and oxygen atoms in total. The van der Waals surface area contributed by atoms with E-state index in [1.165, 1.54) is 4.90 Å². The molecule has 1 saturated heterocycles. The maximum Gasteiger partial charge on any atom is 0.255 e. The lowest BCUT2D eigenvalue weighted by Crippen LogP contribution is -2.34. The molecule has 2 aromatic rings. The van der Waals surface area contributed by atoms with Crippen molar-refractivity contribution in [3.8, 4) is 0 Å². The van der Waals surface area contributed by atoms with Gasteiger partial charge in [-0.3, -0.25) is 19.3 Å². The molecule has 0 aromatic heterocycles. The van der Waals surface area contributed by atoms with Crippen LogP contribution in [0.1, 0.15) is 34.3 Å². The highest BCUT2D eigenvalue weighted by atomic mass is 79.9. The summed E-state index contributed by atoms with van der Waals surface area (Å²) in [5, 5.41) is 2.90. The Morgan fingerprint density at radius 1 is 0.900 bits per heavy atom. The molecule has 1 aliphatic carbocycles.